The highest BCUT2D eigenvalue weighted by molar-refractivity contribution is 7.91. The Morgan fingerprint density at radius 1 is 1.42 bits per heavy atom. The van der Waals surface area contributed by atoms with Gasteiger partial charge in [-0.1, -0.05) is 13.3 Å². The van der Waals surface area contributed by atoms with E-state index in [1.807, 2.05) is 12.4 Å². The first-order valence-corrected chi connectivity index (χ1v) is 9.09. The summed E-state index contributed by atoms with van der Waals surface area (Å²) >= 11 is 1.29. The van der Waals surface area contributed by atoms with E-state index in [1.165, 1.54) is 17.8 Å². The van der Waals surface area contributed by atoms with Crippen LogP contribution >= 0.6 is 11.3 Å². The predicted molar refractivity (Wildman–Crippen MR) is 78.8 cm³/mol. The average Bonchev–Trinajstić information content (AvgIpc) is 2.78. The molecule has 0 radical (unpaired) electrons. The molecular weight excluding hydrogens is 280 g/mol. The lowest BCUT2D eigenvalue weighted by atomic mass is 9.67. The number of thiophene rings is 1. The minimum Gasteiger partial charge on any atom is -0.316 e. The van der Waals surface area contributed by atoms with Gasteiger partial charge in [-0.3, -0.25) is 0 Å². The highest BCUT2D eigenvalue weighted by Gasteiger charge is 2.36. The summed E-state index contributed by atoms with van der Waals surface area (Å²) in [6.45, 7) is 3.42. The van der Waals surface area contributed by atoms with Crippen LogP contribution in [0, 0.1) is 5.41 Å². The van der Waals surface area contributed by atoms with Gasteiger partial charge in [0.15, 0.2) is 0 Å². The molecule has 6 heteroatoms. The van der Waals surface area contributed by atoms with Crippen molar-refractivity contribution in [2.24, 2.45) is 5.41 Å². The van der Waals surface area contributed by atoms with Crippen molar-refractivity contribution in [3.8, 4) is 0 Å². The van der Waals surface area contributed by atoms with Gasteiger partial charge in [0.05, 0.1) is 0 Å². The summed E-state index contributed by atoms with van der Waals surface area (Å²) in [5.74, 6) is 0. The molecular formula is C13H22N2O2S2. The van der Waals surface area contributed by atoms with E-state index in [0.29, 0.717) is 17.3 Å². The second-order valence-corrected chi connectivity index (χ2v) is 8.24. The van der Waals surface area contributed by atoms with Crippen LogP contribution in [0.15, 0.2) is 15.7 Å². The van der Waals surface area contributed by atoms with Gasteiger partial charge in [-0.15, -0.1) is 11.3 Å². The molecule has 1 aromatic heterocycles. The Morgan fingerprint density at radius 3 is 2.68 bits per heavy atom. The highest BCUT2D eigenvalue weighted by atomic mass is 32.2. The van der Waals surface area contributed by atoms with E-state index < -0.39 is 10.0 Å². The lowest BCUT2D eigenvalue weighted by Crippen LogP contribution is -2.41. The molecule has 1 heterocycles. The molecule has 0 bridgehead atoms. The van der Waals surface area contributed by atoms with Crippen LogP contribution in [0.3, 0.4) is 0 Å². The van der Waals surface area contributed by atoms with E-state index in [0.717, 1.165) is 24.8 Å². The molecule has 0 unspecified atom stereocenters. The molecule has 1 aliphatic rings. The maximum Gasteiger partial charge on any atom is 0.250 e. The molecule has 1 aliphatic carbocycles. The largest absolute Gasteiger partial charge is 0.316 e. The summed E-state index contributed by atoms with van der Waals surface area (Å²) in [5.41, 5.74) is 1.22. The molecule has 1 fully saturated rings. The Labute approximate surface area is 119 Å². The third-order valence-corrected chi connectivity index (χ3v) is 6.97. The quantitative estimate of drug-likeness (QED) is 0.813. The number of rotatable bonds is 7. The van der Waals surface area contributed by atoms with Gasteiger partial charge in [0.1, 0.15) is 4.21 Å². The molecule has 0 saturated heterocycles. The van der Waals surface area contributed by atoms with Crippen LogP contribution in [0.2, 0.25) is 0 Å². The SMILES string of the molecule is CCC1(CNS(=O)(=O)c2cc(CNC)cs2)CCC1. The van der Waals surface area contributed by atoms with Crippen molar-refractivity contribution >= 4 is 21.4 Å². The van der Waals surface area contributed by atoms with E-state index in [-0.39, 0.29) is 5.41 Å². The van der Waals surface area contributed by atoms with E-state index in [1.54, 1.807) is 6.07 Å². The smallest absolute Gasteiger partial charge is 0.250 e. The zero-order valence-corrected chi connectivity index (χ0v) is 13.2. The van der Waals surface area contributed by atoms with Gasteiger partial charge in [-0.2, -0.15) is 0 Å². The first kappa shape index (κ1) is 15.0. The fourth-order valence-electron chi connectivity index (χ4n) is 2.44. The number of hydrogen-bond donors (Lipinski definition) is 2. The summed E-state index contributed by atoms with van der Waals surface area (Å²) in [5, 5.41) is 4.92. The molecule has 0 amide bonds. The molecule has 2 N–H and O–H groups in total. The third kappa shape index (κ3) is 3.37. The van der Waals surface area contributed by atoms with Crippen molar-refractivity contribution in [2.75, 3.05) is 13.6 Å². The van der Waals surface area contributed by atoms with Crippen molar-refractivity contribution in [1.82, 2.24) is 10.0 Å². The summed E-state index contributed by atoms with van der Waals surface area (Å²) in [6, 6.07) is 1.75. The van der Waals surface area contributed by atoms with Crippen molar-refractivity contribution in [2.45, 2.75) is 43.4 Å². The van der Waals surface area contributed by atoms with Crippen LogP contribution in [0.1, 0.15) is 38.2 Å². The molecule has 1 aromatic rings. The average molecular weight is 302 g/mol. The lowest BCUT2D eigenvalue weighted by molar-refractivity contribution is 0.133. The van der Waals surface area contributed by atoms with Crippen molar-refractivity contribution < 1.29 is 8.42 Å². The first-order valence-electron chi connectivity index (χ1n) is 6.73. The van der Waals surface area contributed by atoms with E-state index >= 15 is 0 Å². The molecule has 0 spiro atoms. The topological polar surface area (TPSA) is 58.2 Å². The Morgan fingerprint density at radius 2 is 2.16 bits per heavy atom. The van der Waals surface area contributed by atoms with Crippen LogP contribution in [0.4, 0.5) is 0 Å². The van der Waals surface area contributed by atoms with Gasteiger partial charge in [-0.25, -0.2) is 13.1 Å². The van der Waals surface area contributed by atoms with E-state index in [9.17, 15) is 8.42 Å². The number of sulfonamides is 1. The fraction of sp³-hybridized carbons (Fsp3) is 0.692. The Balaban J connectivity index is 2.01. The zero-order chi connectivity index (χ0) is 13.9. The molecule has 19 heavy (non-hydrogen) atoms. The van der Waals surface area contributed by atoms with Crippen molar-refractivity contribution in [1.29, 1.82) is 0 Å². The predicted octanol–water partition coefficient (Wildman–Crippen LogP) is 2.33. The van der Waals surface area contributed by atoms with Gasteiger partial charge in [0.2, 0.25) is 10.0 Å². The Kier molecular flexibility index (Phi) is 4.66. The minimum atomic E-state index is -3.34. The molecule has 0 aliphatic heterocycles. The van der Waals surface area contributed by atoms with Crippen LogP contribution in [0.5, 0.6) is 0 Å². The van der Waals surface area contributed by atoms with Crippen LogP contribution < -0.4 is 10.0 Å². The maximum absolute atomic E-state index is 12.2. The number of hydrogen-bond acceptors (Lipinski definition) is 4. The second-order valence-electron chi connectivity index (χ2n) is 5.34. The standard InChI is InChI=1S/C13H22N2O2S2/c1-3-13(5-4-6-13)10-15-19(16,17)12-7-11(8-14-2)9-18-12/h7,9,14-15H,3-6,8,10H2,1-2H3. The molecule has 1 saturated carbocycles. The van der Waals surface area contributed by atoms with Gasteiger partial charge in [0, 0.05) is 13.1 Å². The first-order chi connectivity index (χ1) is 9.01. The van der Waals surface area contributed by atoms with Gasteiger partial charge in [0.25, 0.3) is 0 Å². The van der Waals surface area contributed by atoms with Crippen LogP contribution in [-0.4, -0.2) is 22.0 Å². The zero-order valence-electron chi connectivity index (χ0n) is 11.5. The fourth-order valence-corrected chi connectivity index (χ4v) is 4.85. The lowest BCUT2D eigenvalue weighted by Gasteiger charge is -2.41. The van der Waals surface area contributed by atoms with Crippen LogP contribution in [0.25, 0.3) is 0 Å². The molecule has 4 nitrogen and oxygen atoms in total. The summed E-state index contributed by atoms with van der Waals surface area (Å²) in [7, 11) is -1.48. The minimum absolute atomic E-state index is 0.206. The van der Waals surface area contributed by atoms with Gasteiger partial charge >= 0.3 is 0 Å². The summed E-state index contributed by atoms with van der Waals surface area (Å²) in [6.07, 6.45) is 4.55. The molecule has 108 valence electrons. The number of nitrogens with one attached hydrogen (secondary N) is 2. The van der Waals surface area contributed by atoms with E-state index in [2.05, 4.69) is 17.0 Å². The van der Waals surface area contributed by atoms with Gasteiger partial charge < -0.3 is 5.32 Å². The highest BCUT2D eigenvalue weighted by Crippen LogP contribution is 2.43. The van der Waals surface area contributed by atoms with E-state index in [4.69, 9.17) is 0 Å². The second kappa shape index (κ2) is 5.91. The van der Waals surface area contributed by atoms with Crippen molar-refractivity contribution in [3.05, 3.63) is 17.0 Å². The van der Waals surface area contributed by atoms with Gasteiger partial charge in [-0.05, 0) is 48.7 Å². The Bertz CT molecular complexity index is 513. The molecule has 0 atom stereocenters. The monoisotopic (exact) mass is 302 g/mol. The van der Waals surface area contributed by atoms with Crippen molar-refractivity contribution in [3.63, 3.8) is 0 Å². The Hall–Kier alpha value is -0.430. The third-order valence-electron chi connectivity index (χ3n) is 4.08. The molecule has 0 aromatic carbocycles. The van der Waals surface area contributed by atoms with Crippen LogP contribution in [-0.2, 0) is 16.6 Å². The summed E-state index contributed by atoms with van der Waals surface area (Å²) < 4.78 is 27.7. The maximum atomic E-state index is 12.2. The normalized spacial score (nSPS) is 18.2. The molecule has 2 rings (SSSR count). The summed E-state index contributed by atoms with van der Waals surface area (Å²) in [4.78, 5) is 0.